The van der Waals surface area contributed by atoms with Gasteiger partial charge < -0.3 is 0 Å². The molecule has 2 aromatic heterocycles. The average molecular weight is 272 g/mol. The Morgan fingerprint density at radius 1 is 1.32 bits per heavy atom. The highest BCUT2D eigenvalue weighted by Crippen LogP contribution is 2.36. The fourth-order valence-corrected chi connectivity index (χ4v) is 2.77. The third-order valence-corrected chi connectivity index (χ3v) is 3.72. The van der Waals surface area contributed by atoms with Gasteiger partial charge in [0.05, 0.1) is 4.90 Å². The summed E-state index contributed by atoms with van der Waals surface area (Å²) in [6.45, 7) is 3.90. The van der Waals surface area contributed by atoms with E-state index >= 15 is 0 Å². The van der Waals surface area contributed by atoms with Gasteiger partial charge in [-0.2, -0.15) is 0 Å². The molecule has 0 saturated carbocycles. The van der Waals surface area contributed by atoms with Gasteiger partial charge in [0, 0.05) is 23.8 Å². The first-order chi connectivity index (χ1) is 9.13. The number of anilines is 2. The fourth-order valence-electron chi connectivity index (χ4n) is 1.92. The van der Waals surface area contributed by atoms with Gasteiger partial charge in [-0.1, -0.05) is 0 Å². The number of hydrogen-bond donors (Lipinski definition) is 1. The van der Waals surface area contributed by atoms with E-state index in [1.54, 1.807) is 10.5 Å². The lowest BCUT2D eigenvalue weighted by atomic mass is 10.2. The maximum atomic E-state index is 12.1. The Labute approximate surface area is 115 Å². The Kier molecular flexibility index (Phi) is 2.87. The van der Waals surface area contributed by atoms with Crippen molar-refractivity contribution in [2.75, 3.05) is 9.62 Å². The molecule has 2 amide bonds. The zero-order chi connectivity index (χ0) is 13.4. The number of carbonyl (C=O) groups excluding carboxylic acids is 1. The maximum Gasteiger partial charge on any atom is 0.339 e. The van der Waals surface area contributed by atoms with Gasteiger partial charge in [0.2, 0.25) is 0 Å². The molecule has 0 aliphatic carbocycles. The molecule has 2 aromatic rings. The van der Waals surface area contributed by atoms with Gasteiger partial charge in [0.1, 0.15) is 11.6 Å². The summed E-state index contributed by atoms with van der Waals surface area (Å²) in [4.78, 5) is 21.5. The molecular weight excluding hydrogens is 260 g/mol. The van der Waals surface area contributed by atoms with Crippen LogP contribution in [0.5, 0.6) is 0 Å². The number of urea groups is 1. The summed E-state index contributed by atoms with van der Waals surface area (Å²) >= 11 is 1.33. The van der Waals surface area contributed by atoms with E-state index in [1.165, 1.54) is 11.9 Å². The van der Waals surface area contributed by atoms with E-state index in [9.17, 15) is 4.79 Å². The van der Waals surface area contributed by atoms with Crippen molar-refractivity contribution in [1.29, 1.82) is 0 Å². The summed E-state index contributed by atoms with van der Waals surface area (Å²) in [6, 6.07) is 7.40. The summed E-state index contributed by atoms with van der Waals surface area (Å²) in [7, 11) is 0. The highest BCUT2D eigenvalue weighted by atomic mass is 32.2. The number of aromatic nitrogens is 2. The molecule has 0 aromatic carbocycles. The van der Waals surface area contributed by atoms with Crippen molar-refractivity contribution in [3.05, 3.63) is 41.7 Å². The van der Waals surface area contributed by atoms with Crippen molar-refractivity contribution in [1.82, 2.24) is 9.97 Å². The van der Waals surface area contributed by atoms with Crippen molar-refractivity contribution in [3.63, 3.8) is 0 Å². The standard InChI is InChI=1S/C13H12N4OS/c1-8-6-9(2)15-11(7-8)17-13(18)16-12-10(19-17)4-3-5-14-12/h3-7H,1-2H3,(H,14,16,18). The number of nitrogens with one attached hydrogen (secondary N) is 1. The Morgan fingerprint density at radius 2 is 2.16 bits per heavy atom. The lowest BCUT2D eigenvalue weighted by Gasteiger charge is -2.26. The molecule has 1 aliphatic rings. The second kappa shape index (κ2) is 4.55. The predicted molar refractivity (Wildman–Crippen MR) is 75.3 cm³/mol. The molecule has 0 saturated heterocycles. The lowest BCUT2D eigenvalue weighted by Crippen LogP contribution is -2.33. The van der Waals surface area contributed by atoms with Crippen LogP contribution < -0.4 is 9.62 Å². The second-order valence-corrected chi connectivity index (χ2v) is 5.30. The first kappa shape index (κ1) is 12.0. The molecule has 0 bridgehead atoms. The first-order valence-electron chi connectivity index (χ1n) is 5.83. The fraction of sp³-hybridized carbons (Fsp3) is 0.154. The highest BCUT2D eigenvalue weighted by Gasteiger charge is 2.26. The Hall–Kier alpha value is -2.08. The van der Waals surface area contributed by atoms with Crippen LogP contribution in [0.15, 0.2) is 35.4 Å². The molecule has 96 valence electrons. The topological polar surface area (TPSA) is 58.1 Å². The van der Waals surface area contributed by atoms with Crippen LogP contribution in [0.25, 0.3) is 0 Å². The van der Waals surface area contributed by atoms with Crippen LogP contribution in [0.3, 0.4) is 0 Å². The summed E-state index contributed by atoms with van der Waals surface area (Å²) in [5.41, 5.74) is 1.97. The summed E-state index contributed by atoms with van der Waals surface area (Å²) in [5.74, 6) is 1.23. The maximum absolute atomic E-state index is 12.1. The van der Waals surface area contributed by atoms with Crippen LogP contribution in [-0.2, 0) is 0 Å². The quantitative estimate of drug-likeness (QED) is 0.810. The van der Waals surface area contributed by atoms with E-state index in [0.717, 1.165) is 16.2 Å². The van der Waals surface area contributed by atoms with Gasteiger partial charge in [-0.3, -0.25) is 5.32 Å². The minimum absolute atomic E-state index is 0.228. The number of nitrogens with zero attached hydrogens (tertiary/aromatic N) is 3. The lowest BCUT2D eigenvalue weighted by molar-refractivity contribution is 0.259. The van der Waals surface area contributed by atoms with Gasteiger partial charge in [0.25, 0.3) is 0 Å². The number of aryl methyl sites for hydroxylation is 2. The largest absolute Gasteiger partial charge is 0.339 e. The number of pyridine rings is 2. The molecule has 0 radical (unpaired) electrons. The molecular formula is C13H12N4OS. The molecule has 3 heterocycles. The van der Waals surface area contributed by atoms with Crippen LogP contribution in [0, 0.1) is 13.8 Å². The molecule has 1 N–H and O–H groups in total. The molecule has 19 heavy (non-hydrogen) atoms. The second-order valence-electron chi connectivity index (χ2n) is 4.31. The summed E-state index contributed by atoms with van der Waals surface area (Å²) < 4.78 is 1.55. The van der Waals surface area contributed by atoms with Crippen LogP contribution in [0.2, 0.25) is 0 Å². The first-order valence-corrected chi connectivity index (χ1v) is 6.60. The number of rotatable bonds is 1. The predicted octanol–water partition coefficient (Wildman–Crippen LogP) is 3.15. The molecule has 3 rings (SSSR count). The molecule has 5 nitrogen and oxygen atoms in total. The summed E-state index contributed by atoms with van der Waals surface area (Å²) in [5, 5.41) is 2.76. The summed E-state index contributed by atoms with van der Waals surface area (Å²) in [6.07, 6.45) is 1.66. The van der Waals surface area contributed by atoms with Crippen LogP contribution >= 0.6 is 11.9 Å². The molecule has 0 unspecified atom stereocenters. The van der Waals surface area contributed by atoms with Crippen molar-refractivity contribution >= 4 is 29.6 Å². The monoisotopic (exact) mass is 272 g/mol. The van der Waals surface area contributed by atoms with E-state index in [0.29, 0.717) is 11.6 Å². The van der Waals surface area contributed by atoms with Crippen molar-refractivity contribution in [3.8, 4) is 0 Å². The van der Waals surface area contributed by atoms with Crippen LogP contribution in [-0.4, -0.2) is 16.0 Å². The molecule has 0 fully saturated rings. The molecule has 6 heteroatoms. The molecule has 0 spiro atoms. The van der Waals surface area contributed by atoms with E-state index < -0.39 is 0 Å². The average Bonchev–Trinajstić information content (AvgIpc) is 2.36. The minimum Gasteiger partial charge on any atom is -0.290 e. The molecule has 1 aliphatic heterocycles. The van der Waals surface area contributed by atoms with Crippen molar-refractivity contribution in [2.45, 2.75) is 18.7 Å². The normalized spacial score (nSPS) is 14.0. The Morgan fingerprint density at radius 3 is 2.95 bits per heavy atom. The van der Waals surface area contributed by atoms with Crippen molar-refractivity contribution in [2.24, 2.45) is 0 Å². The zero-order valence-electron chi connectivity index (χ0n) is 10.5. The zero-order valence-corrected chi connectivity index (χ0v) is 11.4. The number of carbonyl (C=O) groups is 1. The van der Waals surface area contributed by atoms with Gasteiger partial charge in [-0.25, -0.2) is 19.1 Å². The number of hydrogen-bond acceptors (Lipinski definition) is 4. The van der Waals surface area contributed by atoms with Crippen LogP contribution in [0.4, 0.5) is 16.4 Å². The number of fused-ring (bicyclic) bond motifs is 1. The van der Waals surface area contributed by atoms with Crippen LogP contribution in [0.1, 0.15) is 11.3 Å². The van der Waals surface area contributed by atoms with E-state index in [1.807, 2.05) is 38.1 Å². The van der Waals surface area contributed by atoms with E-state index in [2.05, 4.69) is 15.3 Å². The minimum atomic E-state index is -0.228. The Bertz CT molecular complexity index is 639. The highest BCUT2D eigenvalue weighted by molar-refractivity contribution is 8.01. The van der Waals surface area contributed by atoms with Gasteiger partial charge in [-0.15, -0.1) is 0 Å². The van der Waals surface area contributed by atoms with E-state index in [4.69, 9.17) is 0 Å². The SMILES string of the molecule is Cc1cc(C)nc(N2Sc3cccnc3NC2=O)c1. The van der Waals surface area contributed by atoms with E-state index in [-0.39, 0.29) is 6.03 Å². The van der Waals surface area contributed by atoms with Crippen molar-refractivity contribution < 1.29 is 4.79 Å². The number of amides is 2. The third-order valence-electron chi connectivity index (χ3n) is 2.66. The van der Waals surface area contributed by atoms with Gasteiger partial charge >= 0.3 is 6.03 Å². The Balaban J connectivity index is 2.00. The smallest absolute Gasteiger partial charge is 0.290 e. The molecule has 0 atom stereocenters. The van der Waals surface area contributed by atoms with Gasteiger partial charge in [0.15, 0.2) is 0 Å². The third kappa shape index (κ3) is 2.26. The van der Waals surface area contributed by atoms with Gasteiger partial charge in [-0.05, 0) is 43.7 Å².